The molecule has 0 spiro atoms. The third-order valence-corrected chi connectivity index (χ3v) is 3.90. The fourth-order valence-corrected chi connectivity index (χ4v) is 2.61. The van der Waals surface area contributed by atoms with Crippen LogP contribution in [-0.2, 0) is 4.74 Å². The van der Waals surface area contributed by atoms with Gasteiger partial charge in [0.05, 0.1) is 12.3 Å². The topological polar surface area (TPSA) is 73.1 Å². The van der Waals surface area contributed by atoms with Gasteiger partial charge in [-0.15, -0.1) is 5.10 Å². The number of amides is 1. The summed E-state index contributed by atoms with van der Waals surface area (Å²) in [6.45, 7) is 5.01. The molecule has 0 N–H and O–H groups in total. The van der Waals surface area contributed by atoms with Crippen molar-refractivity contribution in [2.75, 3.05) is 26.3 Å². The van der Waals surface area contributed by atoms with Gasteiger partial charge in [0.1, 0.15) is 6.33 Å². The minimum Gasteiger partial charge on any atom is -0.381 e. The van der Waals surface area contributed by atoms with Gasteiger partial charge in [0.25, 0.3) is 5.91 Å². The quantitative estimate of drug-likeness (QED) is 0.828. The molecule has 1 atom stereocenters. The standard InChI is InChI=1S/C15H19N5O2/c1-2-19(9-12-7-8-22-10-12)15(21)13-3-5-14(6-4-13)20-11-16-17-18-20/h3-6,11-12H,2,7-10H2,1H3/t12-/m1/s1. The molecule has 1 amide bonds. The van der Waals surface area contributed by atoms with E-state index >= 15 is 0 Å². The second-order valence-electron chi connectivity index (χ2n) is 5.37. The fraction of sp³-hybridized carbons (Fsp3) is 0.467. The number of carbonyl (C=O) groups is 1. The predicted octanol–water partition coefficient (Wildman–Crippen LogP) is 1.16. The van der Waals surface area contributed by atoms with Crippen LogP contribution in [0.25, 0.3) is 5.69 Å². The smallest absolute Gasteiger partial charge is 0.253 e. The average molecular weight is 301 g/mol. The molecule has 0 saturated carbocycles. The lowest BCUT2D eigenvalue weighted by atomic mass is 10.1. The molecule has 1 aliphatic rings. The summed E-state index contributed by atoms with van der Waals surface area (Å²) in [5, 5.41) is 11.0. The highest BCUT2D eigenvalue weighted by Crippen LogP contribution is 2.16. The molecule has 0 unspecified atom stereocenters. The second kappa shape index (κ2) is 6.65. The first kappa shape index (κ1) is 14.6. The summed E-state index contributed by atoms with van der Waals surface area (Å²) in [6, 6.07) is 7.31. The van der Waals surface area contributed by atoms with Crippen LogP contribution in [0.1, 0.15) is 23.7 Å². The Bertz CT molecular complexity index is 605. The van der Waals surface area contributed by atoms with Crippen molar-refractivity contribution >= 4 is 5.91 Å². The molecule has 0 bridgehead atoms. The Morgan fingerprint density at radius 1 is 1.41 bits per heavy atom. The Balaban J connectivity index is 1.70. The lowest BCUT2D eigenvalue weighted by molar-refractivity contribution is 0.0731. The monoisotopic (exact) mass is 301 g/mol. The van der Waals surface area contributed by atoms with Crippen molar-refractivity contribution in [2.24, 2.45) is 5.92 Å². The maximum atomic E-state index is 12.6. The van der Waals surface area contributed by atoms with Crippen LogP contribution in [0.2, 0.25) is 0 Å². The lowest BCUT2D eigenvalue weighted by Gasteiger charge is -2.23. The van der Waals surface area contributed by atoms with Crippen LogP contribution in [0, 0.1) is 5.92 Å². The molecular formula is C15H19N5O2. The summed E-state index contributed by atoms with van der Waals surface area (Å²) >= 11 is 0. The third kappa shape index (κ3) is 3.14. The van der Waals surface area contributed by atoms with Crippen molar-refractivity contribution in [1.82, 2.24) is 25.1 Å². The number of hydrogen-bond donors (Lipinski definition) is 0. The van der Waals surface area contributed by atoms with E-state index in [2.05, 4.69) is 15.5 Å². The molecule has 7 nitrogen and oxygen atoms in total. The molecule has 1 aromatic heterocycles. The molecule has 1 saturated heterocycles. The molecule has 1 fully saturated rings. The van der Waals surface area contributed by atoms with Gasteiger partial charge < -0.3 is 9.64 Å². The zero-order chi connectivity index (χ0) is 15.4. The van der Waals surface area contributed by atoms with E-state index in [1.807, 2.05) is 36.1 Å². The van der Waals surface area contributed by atoms with Crippen LogP contribution in [-0.4, -0.2) is 57.3 Å². The molecule has 116 valence electrons. The highest BCUT2D eigenvalue weighted by Gasteiger charge is 2.22. The van der Waals surface area contributed by atoms with Crippen LogP contribution in [0.5, 0.6) is 0 Å². The summed E-state index contributed by atoms with van der Waals surface area (Å²) < 4.78 is 6.94. The van der Waals surface area contributed by atoms with E-state index in [1.54, 1.807) is 4.68 Å². The third-order valence-electron chi connectivity index (χ3n) is 3.90. The average Bonchev–Trinajstić information content (AvgIpc) is 3.25. The number of rotatable bonds is 5. The fourth-order valence-electron chi connectivity index (χ4n) is 2.61. The van der Waals surface area contributed by atoms with Gasteiger partial charge in [-0.1, -0.05) is 0 Å². The van der Waals surface area contributed by atoms with E-state index in [0.717, 1.165) is 31.9 Å². The SMILES string of the molecule is CCN(C[C@H]1CCOC1)C(=O)c1ccc(-n2cnnn2)cc1. The minimum atomic E-state index is 0.0534. The number of ether oxygens (including phenoxy) is 1. The van der Waals surface area contributed by atoms with Gasteiger partial charge in [-0.25, -0.2) is 4.68 Å². The van der Waals surface area contributed by atoms with Gasteiger partial charge in [-0.2, -0.15) is 0 Å². The van der Waals surface area contributed by atoms with E-state index in [4.69, 9.17) is 4.74 Å². The van der Waals surface area contributed by atoms with E-state index in [-0.39, 0.29) is 5.91 Å². The van der Waals surface area contributed by atoms with Gasteiger partial charge in [-0.05, 0) is 48.0 Å². The van der Waals surface area contributed by atoms with Crippen LogP contribution in [0.4, 0.5) is 0 Å². The van der Waals surface area contributed by atoms with Crippen LogP contribution in [0.15, 0.2) is 30.6 Å². The first-order chi connectivity index (χ1) is 10.8. The largest absolute Gasteiger partial charge is 0.381 e. The van der Waals surface area contributed by atoms with Gasteiger partial charge >= 0.3 is 0 Å². The number of nitrogens with zero attached hydrogens (tertiary/aromatic N) is 5. The summed E-state index contributed by atoms with van der Waals surface area (Å²) in [6.07, 6.45) is 2.55. The first-order valence-corrected chi connectivity index (χ1v) is 7.48. The molecule has 2 heterocycles. The predicted molar refractivity (Wildman–Crippen MR) is 79.7 cm³/mol. The number of benzene rings is 1. The summed E-state index contributed by atoms with van der Waals surface area (Å²) in [4.78, 5) is 14.5. The number of hydrogen-bond acceptors (Lipinski definition) is 5. The Hall–Kier alpha value is -2.28. The van der Waals surface area contributed by atoms with E-state index in [0.29, 0.717) is 18.0 Å². The van der Waals surface area contributed by atoms with E-state index in [9.17, 15) is 4.79 Å². The Morgan fingerprint density at radius 2 is 2.23 bits per heavy atom. The molecule has 0 radical (unpaired) electrons. The Kier molecular flexibility index (Phi) is 4.43. The van der Waals surface area contributed by atoms with Crippen molar-refractivity contribution in [2.45, 2.75) is 13.3 Å². The Labute approximate surface area is 128 Å². The molecular weight excluding hydrogens is 282 g/mol. The van der Waals surface area contributed by atoms with Crippen LogP contribution < -0.4 is 0 Å². The van der Waals surface area contributed by atoms with Crippen molar-refractivity contribution in [3.05, 3.63) is 36.2 Å². The molecule has 22 heavy (non-hydrogen) atoms. The van der Waals surface area contributed by atoms with Crippen molar-refractivity contribution < 1.29 is 9.53 Å². The maximum absolute atomic E-state index is 12.6. The number of tetrazole rings is 1. The molecule has 7 heteroatoms. The molecule has 2 aromatic rings. The van der Waals surface area contributed by atoms with Gasteiger partial charge in [0.15, 0.2) is 0 Å². The molecule has 1 aromatic carbocycles. The second-order valence-corrected chi connectivity index (χ2v) is 5.37. The highest BCUT2D eigenvalue weighted by atomic mass is 16.5. The summed E-state index contributed by atoms with van der Waals surface area (Å²) in [5.41, 5.74) is 1.51. The zero-order valence-corrected chi connectivity index (χ0v) is 12.6. The van der Waals surface area contributed by atoms with Crippen molar-refractivity contribution in [3.63, 3.8) is 0 Å². The molecule has 1 aliphatic heterocycles. The molecule has 0 aliphatic carbocycles. The van der Waals surface area contributed by atoms with Crippen molar-refractivity contribution in [3.8, 4) is 5.69 Å². The number of aromatic nitrogens is 4. The highest BCUT2D eigenvalue weighted by molar-refractivity contribution is 5.94. The number of carbonyl (C=O) groups excluding carboxylic acids is 1. The zero-order valence-electron chi connectivity index (χ0n) is 12.6. The normalized spacial score (nSPS) is 17.6. The van der Waals surface area contributed by atoms with Crippen LogP contribution in [0.3, 0.4) is 0 Å². The lowest BCUT2D eigenvalue weighted by Crippen LogP contribution is -2.35. The molecule has 3 rings (SSSR count). The summed E-state index contributed by atoms with van der Waals surface area (Å²) in [7, 11) is 0. The minimum absolute atomic E-state index is 0.0534. The van der Waals surface area contributed by atoms with Crippen LogP contribution >= 0.6 is 0 Å². The van der Waals surface area contributed by atoms with Gasteiger partial charge in [0, 0.05) is 31.2 Å². The van der Waals surface area contributed by atoms with Gasteiger partial charge in [0.2, 0.25) is 0 Å². The Morgan fingerprint density at radius 3 is 2.82 bits per heavy atom. The van der Waals surface area contributed by atoms with Gasteiger partial charge in [-0.3, -0.25) is 4.79 Å². The van der Waals surface area contributed by atoms with E-state index in [1.165, 1.54) is 6.33 Å². The van der Waals surface area contributed by atoms with E-state index < -0.39 is 0 Å². The summed E-state index contributed by atoms with van der Waals surface area (Å²) in [5.74, 6) is 0.502. The maximum Gasteiger partial charge on any atom is 0.253 e. The first-order valence-electron chi connectivity index (χ1n) is 7.48. The van der Waals surface area contributed by atoms with Crippen molar-refractivity contribution in [1.29, 1.82) is 0 Å².